The quantitative estimate of drug-likeness (QED) is 0.126. The first-order valence-electron chi connectivity index (χ1n) is 14.0. The Bertz CT molecular complexity index is 2170. The Labute approximate surface area is 247 Å². The van der Waals surface area contributed by atoms with Gasteiger partial charge in [-0.2, -0.15) is 0 Å². The van der Waals surface area contributed by atoms with Crippen LogP contribution in [0.5, 0.6) is 0 Å². The highest BCUT2D eigenvalue weighted by Gasteiger charge is 2.48. The minimum absolute atomic E-state index is 0.0402. The van der Waals surface area contributed by atoms with Gasteiger partial charge in [0.2, 0.25) is 0 Å². The molecule has 0 atom stereocenters. The van der Waals surface area contributed by atoms with Gasteiger partial charge in [0.1, 0.15) is 0 Å². The summed E-state index contributed by atoms with van der Waals surface area (Å²) in [5.74, 6) is -3.91. The molecule has 5 aliphatic rings. The molecule has 0 radical (unpaired) electrons. The van der Waals surface area contributed by atoms with Crippen molar-refractivity contribution in [1.82, 2.24) is 25.3 Å². The Morgan fingerprint density at radius 1 is 0.289 bits per heavy atom. The lowest BCUT2D eigenvalue weighted by molar-refractivity contribution is -0.0584. The van der Waals surface area contributed by atoms with Gasteiger partial charge in [0, 0.05) is 26.9 Å². The van der Waals surface area contributed by atoms with Crippen molar-refractivity contribution in [3.8, 4) is 0 Å². The van der Waals surface area contributed by atoms with E-state index in [0.717, 1.165) is 0 Å². The Balaban J connectivity index is 1.57. The number of benzene rings is 5. The van der Waals surface area contributed by atoms with E-state index in [9.17, 15) is 50.0 Å². The van der Waals surface area contributed by atoms with Gasteiger partial charge in [0.15, 0.2) is 0 Å². The maximum Gasteiger partial charge on any atom is 0.278 e. The van der Waals surface area contributed by atoms with Crippen LogP contribution >= 0.6 is 0 Å². The van der Waals surface area contributed by atoms with Crippen molar-refractivity contribution in [2.45, 2.75) is 32.7 Å². The zero-order valence-corrected chi connectivity index (χ0v) is 22.5. The molecule has 5 amide bonds. The molecule has 5 heterocycles. The van der Waals surface area contributed by atoms with Crippen LogP contribution in [0.1, 0.15) is 79.6 Å². The van der Waals surface area contributed by atoms with Crippen LogP contribution in [0.25, 0.3) is 53.9 Å². The molecule has 15 heteroatoms. The van der Waals surface area contributed by atoms with Gasteiger partial charge in [-0.3, -0.25) is 50.0 Å². The van der Waals surface area contributed by atoms with Crippen molar-refractivity contribution in [2.24, 2.45) is 0 Å². The molecule has 0 saturated carbocycles. The van der Waals surface area contributed by atoms with Crippen LogP contribution in [-0.4, -0.2) is 80.9 Å². The lowest BCUT2D eigenvalue weighted by atomic mass is 9.83. The minimum Gasteiger partial charge on any atom is -0.285 e. The number of amides is 5. The first-order valence-corrected chi connectivity index (χ1v) is 14.0. The van der Waals surface area contributed by atoms with Crippen molar-refractivity contribution in [1.29, 1.82) is 0 Å². The highest BCUT2D eigenvalue weighted by Crippen LogP contribution is 2.60. The van der Waals surface area contributed by atoms with Crippen LogP contribution in [0.4, 0.5) is 0 Å². The molecule has 5 aliphatic heterocycles. The monoisotopic (exact) mass is 605 g/mol. The molecule has 0 aliphatic carbocycles. The summed E-state index contributed by atoms with van der Waals surface area (Å²) in [7, 11) is 0. The molecule has 6 aromatic rings. The Kier molecular flexibility index (Phi) is 3.61. The van der Waals surface area contributed by atoms with Crippen molar-refractivity contribution < 1.29 is 50.0 Å². The van der Waals surface area contributed by atoms with Crippen molar-refractivity contribution in [2.75, 3.05) is 0 Å². The van der Waals surface area contributed by atoms with Crippen LogP contribution in [0.2, 0.25) is 0 Å². The summed E-state index contributed by atoms with van der Waals surface area (Å²) in [5, 5.41) is 59.7. The predicted molar refractivity (Wildman–Crippen MR) is 146 cm³/mol. The van der Waals surface area contributed by atoms with Gasteiger partial charge in [-0.05, 0) is 54.7 Å². The van der Waals surface area contributed by atoms with Gasteiger partial charge in [-0.1, -0.05) is 0 Å². The molecule has 15 nitrogen and oxygen atoms in total. The molecule has 11 rings (SSSR count). The third kappa shape index (κ3) is 2.16. The normalized spacial score (nSPS) is 19.2. The lowest BCUT2D eigenvalue weighted by Crippen LogP contribution is -2.19. The summed E-state index contributed by atoms with van der Waals surface area (Å²) in [6.07, 6.45) is 0. The van der Waals surface area contributed by atoms with E-state index in [1.807, 2.05) is 0 Å². The van der Waals surface area contributed by atoms with Gasteiger partial charge in [0.25, 0.3) is 29.5 Å². The highest BCUT2D eigenvalue weighted by atomic mass is 16.5. The van der Waals surface area contributed by atoms with Crippen LogP contribution in [-0.2, 0) is 32.7 Å². The van der Waals surface area contributed by atoms with Gasteiger partial charge in [-0.15, -0.1) is 0 Å². The molecule has 5 N–H and O–H groups in total. The molecule has 6 aromatic carbocycles. The smallest absolute Gasteiger partial charge is 0.278 e. The second-order valence-electron chi connectivity index (χ2n) is 12.3. The van der Waals surface area contributed by atoms with E-state index >= 15 is 0 Å². The zero-order valence-electron chi connectivity index (χ0n) is 22.5. The number of hydrogen-bond donors (Lipinski definition) is 5. The summed E-state index contributed by atoms with van der Waals surface area (Å²) in [6.45, 7) is -1.58. The van der Waals surface area contributed by atoms with Crippen LogP contribution < -0.4 is 0 Å². The standard InChI is InChI=1S/C30H15N5O10/c36-26-16-6(1-31(26)41)11-17-8(3-32(42)27(17)37)13-19-10(5-34(44)29(19)39)15-20-9(4-35(45)30(20)40)14-18-7(2-33(43)28(18)38)12(16)22-21(11)23(13)25(15)24(14)22/h41-45H,1-5H2. The van der Waals surface area contributed by atoms with E-state index in [2.05, 4.69) is 0 Å². The third-order valence-electron chi connectivity index (χ3n) is 10.5. The summed E-state index contributed by atoms with van der Waals surface area (Å²) in [4.78, 5) is 68.4. The van der Waals surface area contributed by atoms with Crippen LogP contribution in [0.3, 0.4) is 0 Å². The van der Waals surface area contributed by atoms with E-state index in [4.69, 9.17) is 0 Å². The summed E-state index contributed by atoms with van der Waals surface area (Å²) in [6, 6.07) is 0. The number of carbonyl (C=O) groups excluding carboxylic acids is 5. The molecule has 0 spiro atoms. The highest BCUT2D eigenvalue weighted by molar-refractivity contribution is 6.52. The fraction of sp³-hybridized carbons (Fsp3) is 0.167. The van der Waals surface area contributed by atoms with E-state index in [-0.39, 0.29) is 115 Å². The average Bonchev–Trinajstić information content (AvgIpc) is 3.81. The molecule has 0 aromatic heterocycles. The van der Waals surface area contributed by atoms with E-state index in [0.29, 0.717) is 52.2 Å². The molecule has 45 heavy (non-hydrogen) atoms. The fourth-order valence-electron chi connectivity index (χ4n) is 9.11. The molecular formula is C30H15N5O10. The predicted octanol–water partition coefficient (Wildman–Crippen LogP) is 2.49. The summed E-state index contributed by atoms with van der Waals surface area (Å²) < 4.78 is 0. The van der Waals surface area contributed by atoms with Gasteiger partial charge in [0.05, 0.1) is 60.5 Å². The van der Waals surface area contributed by atoms with E-state index in [1.54, 1.807) is 0 Å². The Hall–Kier alpha value is -5.45. The molecule has 0 saturated heterocycles. The maximum absolute atomic E-state index is 13.7. The third-order valence-corrected chi connectivity index (χ3v) is 10.5. The number of fused-ring (bicyclic) bond motifs is 15. The summed E-state index contributed by atoms with van der Waals surface area (Å²) >= 11 is 0. The van der Waals surface area contributed by atoms with E-state index in [1.165, 1.54) is 0 Å². The fourth-order valence-corrected chi connectivity index (χ4v) is 9.11. The van der Waals surface area contributed by atoms with Gasteiger partial charge >= 0.3 is 0 Å². The zero-order chi connectivity index (χ0) is 30.9. The Morgan fingerprint density at radius 2 is 0.444 bits per heavy atom. The van der Waals surface area contributed by atoms with Gasteiger partial charge in [-0.25, -0.2) is 25.3 Å². The molecular weight excluding hydrogens is 590 g/mol. The number of nitrogens with zero attached hydrogens (tertiary/aromatic N) is 5. The van der Waals surface area contributed by atoms with Crippen LogP contribution in [0, 0.1) is 0 Å². The minimum atomic E-state index is -0.781. The van der Waals surface area contributed by atoms with E-state index < -0.39 is 29.5 Å². The number of rotatable bonds is 0. The number of carbonyl (C=O) groups is 5. The van der Waals surface area contributed by atoms with Crippen molar-refractivity contribution >= 4 is 83.4 Å². The van der Waals surface area contributed by atoms with Crippen molar-refractivity contribution in [3.05, 3.63) is 55.6 Å². The molecule has 0 fully saturated rings. The SMILES string of the molecule is O=C1c2c(c3c4c(c5c6c(c7c8c(c9c%10c(c2c2c3c5c7c92)CN(O)C%10=O)CN(O)C8=O)CN(O)C6=O)CN(O)C4=O)CN1O. The molecule has 220 valence electrons. The first kappa shape index (κ1) is 23.9. The Morgan fingerprint density at radius 3 is 0.600 bits per heavy atom. The first-order chi connectivity index (χ1) is 21.5. The largest absolute Gasteiger partial charge is 0.285 e. The average molecular weight is 605 g/mol. The molecule has 0 unspecified atom stereocenters. The summed E-state index contributed by atoms with van der Waals surface area (Å²) in [5.41, 5.74) is 1.59. The van der Waals surface area contributed by atoms with Crippen LogP contribution in [0.15, 0.2) is 0 Å². The van der Waals surface area contributed by atoms with Crippen molar-refractivity contribution in [3.63, 3.8) is 0 Å². The lowest BCUT2D eigenvalue weighted by Gasteiger charge is -2.16. The van der Waals surface area contributed by atoms with Gasteiger partial charge < -0.3 is 0 Å². The second-order valence-corrected chi connectivity index (χ2v) is 12.3. The topological polar surface area (TPSA) is 203 Å². The molecule has 0 bridgehead atoms. The number of hydrogen-bond acceptors (Lipinski definition) is 10. The maximum atomic E-state index is 13.7. The number of hydroxylamine groups is 10. The second kappa shape index (κ2) is 6.78.